The van der Waals surface area contributed by atoms with Crippen LogP contribution in [-0.4, -0.2) is 16.6 Å². The molecule has 0 bridgehead atoms. The highest BCUT2D eigenvalue weighted by Crippen LogP contribution is 2.11. The van der Waals surface area contributed by atoms with E-state index in [1.54, 1.807) is 0 Å². The van der Waals surface area contributed by atoms with E-state index in [2.05, 4.69) is 34.9 Å². The van der Waals surface area contributed by atoms with E-state index in [-0.39, 0.29) is 0 Å². The molecule has 3 heteroatoms. The van der Waals surface area contributed by atoms with E-state index in [4.69, 9.17) is 0 Å². The molecule has 0 aliphatic rings. The van der Waals surface area contributed by atoms with Crippen molar-refractivity contribution in [1.29, 1.82) is 0 Å². The summed E-state index contributed by atoms with van der Waals surface area (Å²) in [5.74, 6) is 1.77. The van der Waals surface area contributed by atoms with Gasteiger partial charge in [0.2, 0.25) is 5.95 Å². The smallest absolute Gasteiger partial charge is 0.202 e. The maximum Gasteiger partial charge on any atom is 0.202 e. The molecule has 0 unspecified atom stereocenters. The minimum atomic E-state index is 0.789. The topological polar surface area (TPSA) is 29.9 Å². The third-order valence-electron chi connectivity index (χ3n) is 2.30. The lowest BCUT2D eigenvalue weighted by Crippen LogP contribution is -2.03. The number of imidazole rings is 1. The largest absolute Gasteiger partial charge is 0.359 e. The van der Waals surface area contributed by atoms with E-state index in [0.717, 1.165) is 24.1 Å². The second-order valence-electron chi connectivity index (χ2n) is 4.19. The van der Waals surface area contributed by atoms with E-state index in [1.807, 2.05) is 14.0 Å². The number of nitrogens with one attached hydrogen (secondary N) is 1. The first-order chi connectivity index (χ1) is 6.63. The van der Waals surface area contributed by atoms with E-state index in [1.165, 1.54) is 12.8 Å². The van der Waals surface area contributed by atoms with Gasteiger partial charge in [-0.05, 0) is 25.7 Å². The van der Waals surface area contributed by atoms with Gasteiger partial charge in [0.25, 0.3) is 0 Å². The third-order valence-corrected chi connectivity index (χ3v) is 2.30. The van der Waals surface area contributed by atoms with E-state index in [0.29, 0.717) is 0 Å². The first kappa shape index (κ1) is 11.1. The number of hydrogen-bond donors (Lipinski definition) is 1. The van der Waals surface area contributed by atoms with Gasteiger partial charge in [0.15, 0.2) is 0 Å². The zero-order valence-electron chi connectivity index (χ0n) is 9.67. The van der Waals surface area contributed by atoms with Crippen molar-refractivity contribution in [3.63, 3.8) is 0 Å². The van der Waals surface area contributed by atoms with Crippen molar-refractivity contribution >= 4 is 5.95 Å². The number of anilines is 1. The molecule has 80 valence electrons. The van der Waals surface area contributed by atoms with Gasteiger partial charge in [-0.25, -0.2) is 4.98 Å². The number of aromatic nitrogens is 2. The van der Waals surface area contributed by atoms with Crippen LogP contribution < -0.4 is 5.32 Å². The van der Waals surface area contributed by atoms with Gasteiger partial charge in [-0.15, -0.1) is 0 Å². The van der Waals surface area contributed by atoms with Crippen LogP contribution in [-0.2, 0) is 6.54 Å². The highest BCUT2D eigenvalue weighted by molar-refractivity contribution is 5.27. The van der Waals surface area contributed by atoms with Crippen LogP contribution in [0, 0.1) is 12.8 Å². The lowest BCUT2D eigenvalue weighted by molar-refractivity contribution is 0.514. The van der Waals surface area contributed by atoms with Gasteiger partial charge < -0.3 is 9.88 Å². The first-order valence-corrected chi connectivity index (χ1v) is 5.35. The van der Waals surface area contributed by atoms with E-state index in [9.17, 15) is 0 Å². The molecule has 0 aliphatic heterocycles. The monoisotopic (exact) mass is 195 g/mol. The van der Waals surface area contributed by atoms with Crippen molar-refractivity contribution in [2.45, 2.75) is 40.2 Å². The van der Waals surface area contributed by atoms with Gasteiger partial charge >= 0.3 is 0 Å². The average Bonchev–Trinajstić information content (AvgIpc) is 2.45. The number of aryl methyl sites for hydroxylation is 2. The van der Waals surface area contributed by atoms with Crippen LogP contribution in [0.15, 0.2) is 6.20 Å². The Bertz CT molecular complexity index is 276. The van der Waals surface area contributed by atoms with Crippen molar-refractivity contribution < 1.29 is 0 Å². The molecule has 0 aliphatic carbocycles. The molecule has 1 rings (SSSR count). The van der Waals surface area contributed by atoms with Crippen LogP contribution in [0.25, 0.3) is 0 Å². The molecule has 14 heavy (non-hydrogen) atoms. The number of rotatable bonds is 5. The summed E-state index contributed by atoms with van der Waals surface area (Å²) in [7, 11) is 1.92. The lowest BCUT2D eigenvalue weighted by atomic mass is 10.1. The molecule has 0 amide bonds. The zero-order chi connectivity index (χ0) is 10.6. The Morgan fingerprint density at radius 2 is 2.21 bits per heavy atom. The van der Waals surface area contributed by atoms with Crippen LogP contribution in [0.5, 0.6) is 0 Å². The van der Waals surface area contributed by atoms with Crippen LogP contribution >= 0.6 is 0 Å². The molecule has 1 N–H and O–H groups in total. The molecule has 0 saturated carbocycles. The average molecular weight is 195 g/mol. The first-order valence-electron chi connectivity index (χ1n) is 5.35. The van der Waals surface area contributed by atoms with E-state index < -0.39 is 0 Å². The summed E-state index contributed by atoms with van der Waals surface area (Å²) >= 11 is 0. The number of nitrogens with zero attached hydrogens (tertiary/aromatic N) is 2. The molecule has 3 nitrogen and oxygen atoms in total. The van der Waals surface area contributed by atoms with Crippen molar-refractivity contribution in [3.8, 4) is 0 Å². The fraction of sp³-hybridized carbons (Fsp3) is 0.727. The zero-order valence-corrected chi connectivity index (χ0v) is 9.67. The van der Waals surface area contributed by atoms with Gasteiger partial charge in [0.05, 0.1) is 5.69 Å². The molecule has 0 aromatic carbocycles. The standard InChI is InChI=1S/C11H21N3/c1-9(2)6-5-7-14-8-10(3)13-11(14)12-4/h8-9H,5-7H2,1-4H3,(H,12,13). The summed E-state index contributed by atoms with van der Waals surface area (Å²) in [6, 6.07) is 0. The van der Waals surface area contributed by atoms with Gasteiger partial charge in [-0.3, -0.25) is 0 Å². The molecule has 0 saturated heterocycles. The molecular weight excluding hydrogens is 174 g/mol. The minimum Gasteiger partial charge on any atom is -0.359 e. The Balaban J connectivity index is 2.48. The molecule has 0 atom stereocenters. The van der Waals surface area contributed by atoms with Crippen molar-refractivity contribution in [3.05, 3.63) is 11.9 Å². The normalized spacial score (nSPS) is 10.9. The van der Waals surface area contributed by atoms with Gasteiger partial charge in [0.1, 0.15) is 0 Å². The summed E-state index contributed by atoms with van der Waals surface area (Å²) < 4.78 is 2.19. The van der Waals surface area contributed by atoms with Crippen LogP contribution in [0.3, 0.4) is 0 Å². The quantitative estimate of drug-likeness (QED) is 0.782. The van der Waals surface area contributed by atoms with Crippen molar-refractivity contribution in [2.75, 3.05) is 12.4 Å². The molecule has 1 heterocycles. The summed E-state index contributed by atoms with van der Waals surface area (Å²) in [6.45, 7) is 7.62. The Hall–Kier alpha value is -0.990. The second kappa shape index (κ2) is 5.03. The highest BCUT2D eigenvalue weighted by atomic mass is 15.2. The predicted molar refractivity (Wildman–Crippen MR) is 60.6 cm³/mol. The van der Waals surface area contributed by atoms with Gasteiger partial charge in [-0.1, -0.05) is 13.8 Å². The SMILES string of the molecule is CNc1nc(C)cn1CCCC(C)C. The Kier molecular flexibility index (Phi) is 3.98. The van der Waals surface area contributed by atoms with Gasteiger partial charge in [-0.2, -0.15) is 0 Å². The Morgan fingerprint density at radius 3 is 2.79 bits per heavy atom. The molecule has 0 spiro atoms. The van der Waals surface area contributed by atoms with Crippen molar-refractivity contribution in [1.82, 2.24) is 9.55 Å². The highest BCUT2D eigenvalue weighted by Gasteiger charge is 2.03. The van der Waals surface area contributed by atoms with Gasteiger partial charge in [0, 0.05) is 19.8 Å². The fourth-order valence-electron chi connectivity index (χ4n) is 1.59. The molecule has 0 radical (unpaired) electrons. The minimum absolute atomic E-state index is 0.789. The van der Waals surface area contributed by atoms with Crippen LogP contribution in [0.2, 0.25) is 0 Å². The molecule has 1 aromatic heterocycles. The second-order valence-corrected chi connectivity index (χ2v) is 4.19. The molecule has 0 fully saturated rings. The maximum atomic E-state index is 4.38. The Labute approximate surface area is 86.5 Å². The van der Waals surface area contributed by atoms with E-state index >= 15 is 0 Å². The molecular formula is C11H21N3. The molecule has 1 aromatic rings. The van der Waals surface area contributed by atoms with Crippen LogP contribution in [0.1, 0.15) is 32.4 Å². The Morgan fingerprint density at radius 1 is 1.50 bits per heavy atom. The summed E-state index contributed by atoms with van der Waals surface area (Å²) in [6.07, 6.45) is 4.61. The summed E-state index contributed by atoms with van der Waals surface area (Å²) in [5.41, 5.74) is 1.08. The van der Waals surface area contributed by atoms with Crippen LogP contribution in [0.4, 0.5) is 5.95 Å². The number of hydrogen-bond acceptors (Lipinski definition) is 2. The predicted octanol–water partition coefficient (Wildman–Crippen LogP) is 2.67. The maximum absolute atomic E-state index is 4.38. The van der Waals surface area contributed by atoms with Crippen molar-refractivity contribution in [2.24, 2.45) is 5.92 Å². The lowest BCUT2D eigenvalue weighted by Gasteiger charge is -2.08. The summed E-state index contributed by atoms with van der Waals surface area (Å²) in [4.78, 5) is 4.38. The summed E-state index contributed by atoms with van der Waals surface area (Å²) in [5, 5.41) is 3.11. The fourth-order valence-corrected chi connectivity index (χ4v) is 1.59. The third kappa shape index (κ3) is 3.05.